The van der Waals surface area contributed by atoms with Gasteiger partial charge in [0, 0.05) is 0 Å². The van der Waals surface area contributed by atoms with E-state index in [0.29, 0.717) is 22.3 Å². The van der Waals surface area contributed by atoms with E-state index in [4.69, 9.17) is 0 Å². The van der Waals surface area contributed by atoms with E-state index in [-0.39, 0.29) is 24.2 Å². The molecule has 42 heavy (non-hydrogen) atoms. The summed E-state index contributed by atoms with van der Waals surface area (Å²) < 4.78 is 37.5. The van der Waals surface area contributed by atoms with Crippen LogP contribution < -0.4 is 0 Å². The van der Waals surface area contributed by atoms with E-state index in [1.807, 2.05) is 66.7 Å². The third-order valence-corrected chi connectivity index (χ3v) is 8.64. The Morgan fingerprint density at radius 1 is 0.310 bits per heavy atom. The van der Waals surface area contributed by atoms with Crippen LogP contribution in [0.25, 0.3) is 86.9 Å². The van der Waals surface area contributed by atoms with Crippen molar-refractivity contribution in [2.45, 2.75) is 0 Å². The first-order valence-electron chi connectivity index (χ1n) is 16.3. The highest BCUT2D eigenvalue weighted by Gasteiger charge is 2.13. The summed E-state index contributed by atoms with van der Waals surface area (Å²) in [4.78, 5) is 0. The Bertz CT molecular complexity index is 2680. The second-order valence-electron chi connectivity index (χ2n) is 11.0. The van der Waals surface area contributed by atoms with Gasteiger partial charge in [-0.15, -0.1) is 0 Å². The second-order valence-corrected chi connectivity index (χ2v) is 11.0. The molecule has 9 rings (SSSR count). The molecular formula is C42H26. The van der Waals surface area contributed by atoms with Crippen LogP contribution in [0.4, 0.5) is 0 Å². The summed E-state index contributed by atoms with van der Waals surface area (Å²) in [5.74, 6) is 0. The first-order valence-corrected chi connectivity index (χ1v) is 14.3. The maximum Gasteiger partial charge on any atom is 0.0629 e. The highest BCUT2D eigenvalue weighted by atomic mass is 14.2. The fourth-order valence-corrected chi connectivity index (χ4v) is 6.68. The lowest BCUT2D eigenvalue weighted by molar-refractivity contribution is 1.64. The molecule has 0 radical (unpaired) electrons. The van der Waals surface area contributed by atoms with E-state index >= 15 is 0 Å². The highest BCUT2D eigenvalue weighted by molar-refractivity contribution is 6.23. The SMILES string of the molecule is [2H]c1c([2H])c(-c2cccc3ccc4cc5ccccc5cc4c23)c([2H])c([2H])c1-c1cc2ccc3ccccc3c2c2ccccc12. The van der Waals surface area contributed by atoms with Crippen molar-refractivity contribution in [2.24, 2.45) is 0 Å². The van der Waals surface area contributed by atoms with Gasteiger partial charge in [-0.25, -0.2) is 0 Å². The Morgan fingerprint density at radius 3 is 1.69 bits per heavy atom. The minimum atomic E-state index is -0.0380. The van der Waals surface area contributed by atoms with Crippen LogP contribution in [-0.4, -0.2) is 0 Å². The summed E-state index contributed by atoms with van der Waals surface area (Å²) in [5, 5.41) is 12.6. The first-order chi connectivity index (χ1) is 22.5. The Morgan fingerprint density at radius 2 is 0.881 bits per heavy atom. The molecule has 0 heteroatoms. The van der Waals surface area contributed by atoms with Gasteiger partial charge in [0.1, 0.15) is 0 Å². The third-order valence-electron chi connectivity index (χ3n) is 8.64. The molecule has 0 aromatic heterocycles. The molecule has 9 aromatic rings. The molecule has 0 saturated carbocycles. The lowest BCUT2D eigenvalue weighted by atomic mass is 9.89. The zero-order valence-corrected chi connectivity index (χ0v) is 22.7. The van der Waals surface area contributed by atoms with Crippen molar-refractivity contribution in [3.8, 4) is 22.3 Å². The number of benzene rings is 9. The van der Waals surface area contributed by atoms with E-state index < -0.39 is 0 Å². The minimum Gasteiger partial charge on any atom is -0.0616 e. The van der Waals surface area contributed by atoms with Crippen LogP contribution in [0.2, 0.25) is 0 Å². The Hall–Kier alpha value is -5.46. The molecule has 0 bridgehead atoms. The molecule has 0 aliphatic carbocycles. The van der Waals surface area contributed by atoms with Crippen molar-refractivity contribution in [1.29, 1.82) is 0 Å². The third kappa shape index (κ3) is 3.49. The van der Waals surface area contributed by atoms with Gasteiger partial charge in [0.05, 0.1) is 5.48 Å². The van der Waals surface area contributed by atoms with Gasteiger partial charge in [-0.3, -0.25) is 0 Å². The summed E-state index contributed by atoms with van der Waals surface area (Å²) in [5.41, 5.74) is 2.05. The van der Waals surface area contributed by atoms with E-state index in [9.17, 15) is 5.48 Å². The van der Waals surface area contributed by atoms with Crippen molar-refractivity contribution in [2.75, 3.05) is 0 Å². The Labute approximate surface area is 249 Å². The van der Waals surface area contributed by atoms with Crippen molar-refractivity contribution < 1.29 is 5.48 Å². The predicted molar refractivity (Wildman–Crippen MR) is 182 cm³/mol. The average Bonchev–Trinajstić information content (AvgIpc) is 3.09. The normalized spacial score (nSPS) is 13.1. The largest absolute Gasteiger partial charge is 0.0629 e. The average molecular weight is 535 g/mol. The van der Waals surface area contributed by atoms with Gasteiger partial charge in [-0.2, -0.15) is 0 Å². The van der Waals surface area contributed by atoms with Gasteiger partial charge in [-0.1, -0.05) is 139 Å². The molecule has 194 valence electrons. The molecule has 0 N–H and O–H groups in total. The van der Waals surface area contributed by atoms with Crippen LogP contribution >= 0.6 is 0 Å². The molecule has 0 saturated heterocycles. The molecule has 0 aliphatic heterocycles. The number of rotatable bonds is 2. The molecule has 9 aromatic carbocycles. The summed E-state index contributed by atoms with van der Waals surface area (Å²) in [6, 6.07) is 45.2. The summed E-state index contributed by atoms with van der Waals surface area (Å²) in [6.07, 6.45) is 0. The highest BCUT2D eigenvalue weighted by Crippen LogP contribution is 2.40. The standard InChI is InChI=1S/C42H26/c1-2-10-32-25-40-33(24-31(32)9-1)22-21-30-11-7-15-36(41(30)40)28-16-18-29(19-17-28)39-26-34-23-20-27-8-3-4-12-35(27)42(34)38-14-6-5-13-37(38)39/h1-26H/i16D,17D,18D,19D. The van der Waals surface area contributed by atoms with Crippen molar-refractivity contribution in [1.82, 2.24) is 0 Å². The van der Waals surface area contributed by atoms with E-state index in [1.165, 1.54) is 0 Å². The Kier molecular flexibility index (Phi) is 4.21. The maximum atomic E-state index is 9.36. The zero-order chi connectivity index (χ0) is 31.1. The first kappa shape index (κ1) is 19.6. The Balaban J connectivity index is 1.35. The molecule has 0 nitrogen and oxygen atoms in total. The lowest BCUT2D eigenvalue weighted by Crippen LogP contribution is -1.88. The molecule has 0 aliphatic rings. The van der Waals surface area contributed by atoms with Gasteiger partial charge in [-0.05, 0) is 105 Å². The zero-order valence-electron chi connectivity index (χ0n) is 26.7. The number of hydrogen-bond donors (Lipinski definition) is 0. The van der Waals surface area contributed by atoms with Gasteiger partial charge in [0.2, 0.25) is 0 Å². The molecule has 0 spiro atoms. The maximum absolute atomic E-state index is 9.36. The van der Waals surface area contributed by atoms with Crippen LogP contribution in [0.3, 0.4) is 0 Å². The summed E-state index contributed by atoms with van der Waals surface area (Å²) in [7, 11) is 0. The van der Waals surface area contributed by atoms with Crippen LogP contribution in [0, 0.1) is 0 Å². The topological polar surface area (TPSA) is 0 Å². The van der Waals surface area contributed by atoms with E-state index in [1.54, 1.807) is 0 Å². The molecule has 0 atom stereocenters. The van der Waals surface area contributed by atoms with E-state index in [2.05, 4.69) is 66.7 Å². The van der Waals surface area contributed by atoms with Crippen molar-refractivity contribution in [3.05, 3.63) is 158 Å². The molecular weight excluding hydrogens is 504 g/mol. The van der Waals surface area contributed by atoms with Crippen LogP contribution in [0.15, 0.2) is 158 Å². The fourth-order valence-electron chi connectivity index (χ4n) is 6.68. The van der Waals surface area contributed by atoms with Gasteiger partial charge in [0.25, 0.3) is 0 Å². The van der Waals surface area contributed by atoms with Crippen molar-refractivity contribution in [3.63, 3.8) is 0 Å². The smallest absolute Gasteiger partial charge is 0.0616 e. The van der Waals surface area contributed by atoms with Gasteiger partial charge >= 0.3 is 0 Å². The lowest BCUT2D eigenvalue weighted by Gasteiger charge is -2.14. The fraction of sp³-hybridized carbons (Fsp3) is 0. The van der Waals surface area contributed by atoms with Gasteiger partial charge < -0.3 is 0 Å². The predicted octanol–water partition coefficient (Wildman–Crippen LogP) is 11.9. The minimum absolute atomic E-state index is 0.0380. The quantitative estimate of drug-likeness (QED) is 0.153. The number of fused-ring (bicyclic) bond motifs is 9. The van der Waals surface area contributed by atoms with Crippen LogP contribution in [0.1, 0.15) is 5.48 Å². The molecule has 0 fully saturated rings. The van der Waals surface area contributed by atoms with Crippen molar-refractivity contribution >= 4 is 64.6 Å². The van der Waals surface area contributed by atoms with Crippen LogP contribution in [0.5, 0.6) is 0 Å². The molecule has 0 amide bonds. The summed E-state index contributed by atoms with van der Waals surface area (Å²) in [6.45, 7) is 0. The summed E-state index contributed by atoms with van der Waals surface area (Å²) >= 11 is 0. The molecule has 0 heterocycles. The monoisotopic (exact) mass is 534 g/mol. The van der Waals surface area contributed by atoms with E-state index in [0.717, 1.165) is 64.6 Å². The molecule has 0 unspecified atom stereocenters. The number of hydrogen-bond acceptors (Lipinski definition) is 0. The second kappa shape index (κ2) is 9.03. The van der Waals surface area contributed by atoms with Crippen LogP contribution in [-0.2, 0) is 0 Å². The van der Waals surface area contributed by atoms with Gasteiger partial charge in [0.15, 0.2) is 0 Å².